The van der Waals surface area contributed by atoms with Crippen molar-refractivity contribution in [3.8, 4) is 0 Å². The first-order chi connectivity index (χ1) is 6.78. The van der Waals surface area contributed by atoms with E-state index in [9.17, 15) is 0 Å². The van der Waals surface area contributed by atoms with Gasteiger partial charge in [-0.05, 0) is 18.8 Å². The summed E-state index contributed by atoms with van der Waals surface area (Å²) >= 11 is 0. The van der Waals surface area contributed by atoms with Gasteiger partial charge in [0.25, 0.3) is 0 Å². The SMILES string of the molecule is C[N+]12CCC(CC1)CC2N1C=CON1.[Cl-]. The maximum atomic E-state index is 5.05. The van der Waals surface area contributed by atoms with E-state index >= 15 is 0 Å². The monoisotopic (exact) mass is 231 g/mol. The van der Waals surface area contributed by atoms with Crippen LogP contribution in [0.25, 0.3) is 0 Å². The molecule has 4 aliphatic heterocycles. The van der Waals surface area contributed by atoms with E-state index in [0.717, 1.165) is 5.92 Å². The summed E-state index contributed by atoms with van der Waals surface area (Å²) in [4.78, 5) is 5.05. The molecule has 3 fully saturated rings. The molecule has 3 saturated heterocycles. The van der Waals surface area contributed by atoms with Crippen LogP contribution in [0.15, 0.2) is 12.5 Å². The van der Waals surface area contributed by atoms with E-state index in [2.05, 4.69) is 17.6 Å². The van der Waals surface area contributed by atoms with Crippen molar-refractivity contribution < 1.29 is 21.7 Å². The summed E-state index contributed by atoms with van der Waals surface area (Å²) in [7, 11) is 2.37. The summed E-state index contributed by atoms with van der Waals surface area (Å²) in [5.41, 5.74) is 2.94. The van der Waals surface area contributed by atoms with Crippen molar-refractivity contribution >= 4 is 0 Å². The summed E-state index contributed by atoms with van der Waals surface area (Å²) in [6.07, 6.45) is 8.42. The van der Waals surface area contributed by atoms with Gasteiger partial charge >= 0.3 is 0 Å². The number of piperidine rings is 3. The van der Waals surface area contributed by atoms with Gasteiger partial charge in [0.2, 0.25) is 0 Å². The first kappa shape index (κ1) is 11.0. The highest BCUT2D eigenvalue weighted by atomic mass is 35.5. The van der Waals surface area contributed by atoms with Crippen LogP contribution in [0.2, 0.25) is 0 Å². The van der Waals surface area contributed by atoms with E-state index in [1.165, 1.54) is 36.8 Å². The molecule has 2 bridgehead atoms. The van der Waals surface area contributed by atoms with Gasteiger partial charge in [-0.3, -0.25) is 0 Å². The van der Waals surface area contributed by atoms with Crippen LogP contribution in [-0.4, -0.2) is 35.8 Å². The van der Waals surface area contributed by atoms with Crippen molar-refractivity contribution in [1.29, 1.82) is 0 Å². The Hall–Kier alpha value is -0.450. The lowest BCUT2D eigenvalue weighted by Crippen LogP contribution is -3.00. The second-order valence-electron chi connectivity index (χ2n) is 4.99. The van der Waals surface area contributed by atoms with Gasteiger partial charge in [-0.15, -0.1) is 0 Å². The summed E-state index contributed by atoms with van der Waals surface area (Å²) in [5.74, 6) is 0.941. The van der Waals surface area contributed by atoms with E-state index in [1.807, 2.05) is 6.20 Å². The molecule has 4 heterocycles. The average Bonchev–Trinajstić information content (AvgIpc) is 2.71. The Morgan fingerprint density at radius 1 is 1.40 bits per heavy atom. The lowest BCUT2D eigenvalue weighted by molar-refractivity contribution is -0.960. The molecule has 0 aromatic carbocycles. The topological polar surface area (TPSA) is 24.5 Å². The number of hydrogen-bond acceptors (Lipinski definition) is 3. The van der Waals surface area contributed by atoms with Gasteiger partial charge < -0.3 is 21.7 Å². The lowest BCUT2D eigenvalue weighted by atomic mass is 9.84. The third-order valence-electron chi connectivity index (χ3n) is 4.13. The van der Waals surface area contributed by atoms with Crippen LogP contribution < -0.4 is 18.0 Å². The quantitative estimate of drug-likeness (QED) is 0.519. The van der Waals surface area contributed by atoms with Crippen LogP contribution in [-0.2, 0) is 4.84 Å². The highest BCUT2D eigenvalue weighted by Gasteiger charge is 2.47. The highest BCUT2D eigenvalue weighted by Crippen LogP contribution is 2.38. The zero-order valence-corrected chi connectivity index (χ0v) is 9.78. The highest BCUT2D eigenvalue weighted by molar-refractivity contribution is 4.84. The van der Waals surface area contributed by atoms with Crippen LogP contribution in [0, 0.1) is 5.92 Å². The third kappa shape index (κ3) is 1.71. The Labute approximate surface area is 96.8 Å². The fourth-order valence-corrected chi connectivity index (χ4v) is 3.09. The molecule has 0 aromatic heterocycles. The molecule has 0 aliphatic carbocycles. The zero-order valence-electron chi connectivity index (χ0n) is 9.03. The Morgan fingerprint density at radius 3 is 2.67 bits per heavy atom. The van der Waals surface area contributed by atoms with Gasteiger partial charge in [0.15, 0.2) is 6.17 Å². The molecule has 0 amide bonds. The summed E-state index contributed by atoms with van der Waals surface area (Å²) in [6, 6.07) is 0. The maximum absolute atomic E-state index is 5.05. The molecule has 4 nitrogen and oxygen atoms in total. The smallest absolute Gasteiger partial charge is 0.181 e. The minimum absolute atomic E-state index is 0. The first-order valence-corrected chi connectivity index (χ1v) is 5.48. The van der Waals surface area contributed by atoms with Gasteiger partial charge in [0.1, 0.15) is 6.26 Å². The Balaban J connectivity index is 0.000000853. The molecule has 1 unspecified atom stereocenters. The number of rotatable bonds is 1. The van der Waals surface area contributed by atoms with Crippen LogP contribution in [0.5, 0.6) is 0 Å². The lowest BCUT2D eigenvalue weighted by Gasteiger charge is -2.53. The van der Waals surface area contributed by atoms with E-state index in [4.69, 9.17) is 4.84 Å². The van der Waals surface area contributed by atoms with E-state index < -0.39 is 0 Å². The van der Waals surface area contributed by atoms with Gasteiger partial charge in [-0.2, -0.15) is 0 Å². The van der Waals surface area contributed by atoms with E-state index in [0.29, 0.717) is 6.17 Å². The second-order valence-corrected chi connectivity index (χ2v) is 4.99. The number of hydrogen-bond donors (Lipinski definition) is 1. The first-order valence-electron chi connectivity index (χ1n) is 5.48. The summed E-state index contributed by atoms with van der Waals surface area (Å²) in [6.45, 7) is 2.64. The third-order valence-corrected chi connectivity index (χ3v) is 4.13. The van der Waals surface area contributed by atoms with Crippen molar-refractivity contribution in [3.63, 3.8) is 0 Å². The maximum Gasteiger partial charge on any atom is 0.181 e. The minimum Gasteiger partial charge on any atom is -1.00 e. The molecule has 0 saturated carbocycles. The van der Waals surface area contributed by atoms with Crippen molar-refractivity contribution in [3.05, 3.63) is 12.5 Å². The number of nitrogens with one attached hydrogen (secondary N) is 1. The molecule has 0 radical (unpaired) electrons. The van der Waals surface area contributed by atoms with Crippen molar-refractivity contribution in [2.24, 2.45) is 5.92 Å². The molecule has 4 aliphatic rings. The number of fused-ring (bicyclic) bond motifs is 3. The molecule has 0 aromatic rings. The fraction of sp³-hybridized carbons (Fsp3) is 0.800. The van der Waals surface area contributed by atoms with Gasteiger partial charge in [-0.25, -0.2) is 5.01 Å². The van der Waals surface area contributed by atoms with Crippen LogP contribution in [0.4, 0.5) is 0 Å². The average molecular weight is 232 g/mol. The van der Waals surface area contributed by atoms with Gasteiger partial charge in [-0.1, -0.05) is 5.59 Å². The Bertz CT molecular complexity index is 263. The molecular weight excluding hydrogens is 214 g/mol. The summed E-state index contributed by atoms with van der Waals surface area (Å²) in [5, 5.41) is 2.13. The number of hydrazine groups is 1. The fourth-order valence-electron chi connectivity index (χ4n) is 3.09. The van der Waals surface area contributed by atoms with Crippen molar-refractivity contribution in [1.82, 2.24) is 10.6 Å². The number of halogens is 1. The normalized spacial score (nSPS) is 42.6. The molecule has 86 valence electrons. The van der Waals surface area contributed by atoms with Crippen LogP contribution in [0.3, 0.4) is 0 Å². The van der Waals surface area contributed by atoms with Gasteiger partial charge in [0, 0.05) is 6.42 Å². The Morgan fingerprint density at radius 2 is 2.13 bits per heavy atom. The van der Waals surface area contributed by atoms with E-state index in [-0.39, 0.29) is 12.4 Å². The second kappa shape index (κ2) is 3.85. The predicted octanol–water partition coefficient (Wildman–Crippen LogP) is -2.20. The molecule has 0 spiro atoms. The molecule has 1 atom stereocenters. The predicted molar refractivity (Wildman–Crippen MR) is 52.2 cm³/mol. The Kier molecular flexibility index (Phi) is 2.83. The molecule has 5 heteroatoms. The molecule has 1 N–H and O–H groups in total. The van der Waals surface area contributed by atoms with Crippen LogP contribution >= 0.6 is 0 Å². The minimum atomic E-state index is 0. The molecular formula is C10H18ClN3O. The van der Waals surface area contributed by atoms with E-state index in [1.54, 1.807) is 6.26 Å². The summed E-state index contributed by atoms with van der Waals surface area (Å²) < 4.78 is 1.18. The van der Waals surface area contributed by atoms with Gasteiger partial charge in [0.05, 0.1) is 26.3 Å². The largest absolute Gasteiger partial charge is 1.00 e. The van der Waals surface area contributed by atoms with Crippen molar-refractivity contribution in [2.45, 2.75) is 25.4 Å². The van der Waals surface area contributed by atoms with Crippen LogP contribution in [0.1, 0.15) is 19.3 Å². The number of nitrogens with zero attached hydrogens (tertiary/aromatic N) is 2. The zero-order chi connectivity index (χ0) is 9.60. The molecule has 15 heavy (non-hydrogen) atoms. The number of quaternary nitrogens is 1. The van der Waals surface area contributed by atoms with Crippen molar-refractivity contribution in [2.75, 3.05) is 20.1 Å². The molecule has 4 rings (SSSR count). The standard InChI is InChI=1S/C10H18N3O.ClH/c1-13-5-2-9(3-6-13)8-10(13)12-4-7-14-11-12;/h4,7,9-11H,2-3,5-6,8H2,1H3;1H/q+1;/p-1.